The molecule has 6 N–H and O–H groups in total. The summed E-state index contributed by atoms with van der Waals surface area (Å²) in [5.74, 6) is -0.658. The molecule has 0 amide bonds. The zero-order valence-corrected chi connectivity index (χ0v) is 15.6. The first-order chi connectivity index (χ1) is 14.3. The van der Waals surface area contributed by atoms with Crippen LogP contribution in [0.5, 0.6) is 34.5 Å². The summed E-state index contributed by atoms with van der Waals surface area (Å²) in [6.07, 6.45) is 0. The molecule has 4 aromatic carbocycles. The lowest BCUT2D eigenvalue weighted by Gasteiger charge is -2.14. The number of aromatic hydroxyl groups is 6. The van der Waals surface area contributed by atoms with E-state index in [2.05, 4.69) is 0 Å². The molecule has 0 unspecified atom stereocenters. The summed E-state index contributed by atoms with van der Waals surface area (Å²) in [6, 6.07) is 17.9. The van der Waals surface area contributed by atoms with E-state index in [4.69, 9.17) is 0 Å². The van der Waals surface area contributed by atoms with Gasteiger partial charge in [-0.25, -0.2) is 0 Å². The summed E-state index contributed by atoms with van der Waals surface area (Å²) in [6.45, 7) is 0. The van der Waals surface area contributed by atoms with Gasteiger partial charge in [-0.2, -0.15) is 0 Å². The molecule has 0 fully saturated rings. The van der Waals surface area contributed by atoms with Crippen LogP contribution in [0.4, 0.5) is 0 Å². The topological polar surface area (TPSA) is 121 Å². The minimum absolute atomic E-state index is 0.0833. The van der Waals surface area contributed by atoms with Gasteiger partial charge in [0.2, 0.25) is 0 Å². The molecule has 0 spiro atoms. The van der Waals surface area contributed by atoms with Crippen LogP contribution < -0.4 is 0 Å². The largest absolute Gasteiger partial charge is 0.508 e. The Labute approximate surface area is 171 Å². The lowest BCUT2D eigenvalue weighted by atomic mass is 9.92. The maximum absolute atomic E-state index is 10.3. The fourth-order valence-corrected chi connectivity index (χ4v) is 3.39. The van der Waals surface area contributed by atoms with Gasteiger partial charge in [0.15, 0.2) is 0 Å². The van der Waals surface area contributed by atoms with Crippen molar-refractivity contribution >= 4 is 0 Å². The first-order valence-electron chi connectivity index (χ1n) is 9.04. The van der Waals surface area contributed by atoms with Gasteiger partial charge in [0.05, 0.1) is 0 Å². The molecule has 0 atom stereocenters. The number of hydrogen-bond acceptors (Lipinski definition) is 6. The van der Waals surface area contributed by atoms with Gasteiger partial charge in [-0.3, -0.25) is 0 Å². The summed E-state index contributed by atoms with van der Waals surface area (Å²) >= 11 is 0. The standard InChI is InChI=1S/C24H18O6/c25-16-1-4-19(22(28)10-16)13-7-14(20-5-2-17(26)11-23(20)29)9-15(8-13)21-6-3-18(27)12-24(21)30/h1-12,25-30H. The van der Waals surface area contributed by atoms with Gasteiger partial charge in [-0.05, 0) is 71.3 Å². The lowest BCUT2D eigenvalue weighted by Crippen LogP contribution is -1.88. The molecule has 4 aromatic rings. The summed E-state index contributed by atoms with van der Waals surface area (Å²) in [7, 11) is 0. The van der Waals surface area contributed by atoms with Crippen molar-refractivity contribution in [2.75, 3.05) is 0 Å². The summed E-state index contributed by atoms with van der Waals surface area (Å²) in [5, 5.41) is 59.8. The van der Waals surface area contributed by atoms with Crippen LogP contribution >= 0.6 is 0 Å². The van der Waals surface area contributed by atoms with E-state index in [1.807, 2.05) is 0 Å². The van der Waals surface area contributed by atoms with Crippen molar-refractivity contribution in [3.63, 3.8) is 0 Å². The Kier molecular flexibility index (Phi) is 4.60. The van der Waals surface area contributed by atoms with E-state index in [0.29, 0.717) is 33.4 Å². The maximum Gasteiger partial charge on any atom is 0.127 e. The predicted molar refractivity (Wildman–Crippen MR) is 113 cm³/mol. The van der Waals surface area contributed by atoms with Crippen molar-refractivity contribution in [2.45, 2.75) is 0 Å². The molecule has 0 aliphatic carbocycles. The van der Waals surface area contributed by atoms with Crippen molar-refractivity contribution in [3.05, 3.63) is 72.8 Å². The van der Waals surface area contributed by atoms with Gasteiger partial charge in [0, 0.05) is 34.9 Å². The number of phenols is 6. The van der Waals surface area contributed by atoms with E-state index >= 15 is 0 Å². The molecular formula is C24H18O6. The van der Waals surface area contributed by atoms with E-state index < -0.39 is 0 Å². The van der Waals surface area contributed by atoms with Crippen LogP contribution in [0.1, 0.15) is 0 Å². The number of phenolic OH excluding ortho intramolecular Hbond substituents is 6. The highest BCUT2D eigenvalue weighted by molar-refractivity contribution is 5.86. The number of hydrogen-bond donors (Lipinski definition) is 6. The first-order valence-corrected chi connectivity index (χ1v) is 9.04. The van der Waals surface area contributed by atoms with E-state index in [-0.39, 0.29) is 34.5 Å². The fraction of sp³-hybridized carbons (Fsp3) is 0. The molecule has 0 bridgehead atoms. The number of benzene rings is 4. The minimum atomic E-state index is -0.136. The van der Waals surface area contributed by atoms with E-state index in [9.17, 15) is 30.6 Å². The highest BCUT2D eigenvalue weighted by atomic mass is 16.3. The number of rotatable bonds is 3. The zero-order valence-electron chi connectivity index (χ0n) is 15.6. The second-order valence-electron chi connectivity index (χ2n) is 6.90. The molecule has 0 saturated heterocycles. The molecule has 4 rings (SSSR count). The molecule has 0 aromatic heterocycles. The van der Waals surface area contributed by atoms with E-state index in [1.165, 1.54) is 36.4 Å². The van der Waals surface area contributed by atoms with Crippen LogP contribution in [0.15, 0.2) is 72.8 Å². The molecule has 0 radical (unpaired) electrons. The van der Waals surface area contributed by atoms with Crippen molar-refractivity contribution in [2.24, 2.45) is 0 Å². The highest BCUT2D eigenvalue weighted by Gasteiger charge is 2.14. The third-order valence-corrected chi connectivity index (χ3v) is 4.81. The summed E-state index contributed by atoms with van der Waals surface area (Å²) < 4.78 is 0. The molecule has 150 valence electrons. The van der Waals surface area contributed by atoms with Gasteiger partial charge >= 0.3 is 0 Å². The molecule has 0 aliphatic rings. The molecule has 0 aliphatic heterocycles. The lowest BCUT2D eigenvalue weighted by molar-refractivity contribution is 0.451. The van der Waals surface area contributed by atoms with Crippen molar-refractivity contribution < 1.29 is 30.6 Å². The van der Waals surface area contributed by atoms with Crippen LogP contribution in [0, 0.1) is 0 Å². The van der Waals surface area contributed by atoms with Gasteiger partial charge in [0.25, 0.3) is 0 Å². The molecule has 0 heterocycles. The van der Waals surface area contributed by atoms with Crippen LogP contribution in [0.2, 0.25) is 0 Å². The molecule has 0 saturated carbocycles. The molecule has 6 nitrogen and oxygen atoms in total. The molecule has 30 heavy (non-hydrogen) atoms. The first kappa shape index (κ1) is 19.0. The van der Waals surface area contributed by atoms with Crippen molar-refractivity contribution in [1.82, 2.24) is 0 Å². The van der Waals surface area contributed by atoms with Gasteiger partial charge in [0.1, 0.15) is 34.5 Å². The average Bonchev–Trinajstić information content (AvgIpc) is 2.67. The fourth-order valence-electron chi connectivity index (χ4n) is 3.39. The van der Waals surface area contributed by atoms with E-state index in [0.717, 1.165) is 0 Å². The van der Waals surface area contributed by atoms with Gasteiger partial charge in [-0.15, -0.1) is 0 Å². The van der Waals surface area contributed by atoms with Crippen LogP contribution in [-0.4, -0.2) is 30.6 Å². The molecular weight excluding hydrogens is 384 g/mol. The van der Waals surface area contributed by atoms with Gasteiger partial charge < -0.3 is 30.6 Å². The normalized spacial score (nSPS) is 10.8. The Morgan fingerprint density at radius 2 is 0.600 bits per heavy atom. The third-order valence-electron chi connectivity index (χ3n) is 4.81. The quantitative estimate of drug-likeness (QED) is 0.289. The third kappa shape index (κ3) is 3.54. The van der Waals surface area contributed by atoms with Crippen LogP contribution in [0.25, 0.3) is 33.4 Å². The zero-order chi connectivity index (χ0) is 21.4. The summed E-state index contributed by atoms with van der Waals surface area (Å²) in [4.78, 5) is 0. The SMILES string of the molecule is Oc1ccc(-c2cc(-c3ccc(O)cc3O)cc(-c3ccc(O)cc3O)c2)c(O)c1. The van der Waals surface area contributed by atoms with Crippen LogP contribution in [0.3, 0.4) is 0 Å². The highest BCUT2D eigenvalue weighted by Crippen LogP contribution is 2.42. The van der Waals surface area contributed by atoms with Crippen molar-refractivity contribution in [3.8, 4) is 67.9 Å². The van der Waals surface area contributed by atoms with Gasteiger partial charge in [-0.1, -0.05) is 0 Å². The predicted octanol–water partition coefficient (Wildman–Crippen LogP) is 4.92. The smallest absolute Gasteiger partial charge is 0.127 e. The Hall–Kier alpha value is -4.32. The second-order valence-corrected chi connectivity index (χ2v) is 6.90. The van der Waals surface area contributed by atoms with Crippen LogP contribution in [-0.2, 0) is 0 Å². The van der Waals surface area contributed by atoms with Crippen molar-refractivity contribution in [1.29, 1.82) is 0 Å². The monoisotopic (exact) mass is 402 g/mol. The second kappa shape index (κ2) is 7.25. The Balaban J connectivity index is 1.98. The maximum atomic E-state index is 10.3. The Morgan fingerprint density at radius 1 is 0.333 bits per heavy atom. The molecule has 6 heteroatoms. The minimum Gasteiger partial charge on any atom is -0.508 e. The average molecular weight is 402 g/mol. The Bertz CT molecular complexity index is 1090. The summed E-state index contributed by atoms with van der Waals surface area (Å²) in [5.41, 5.74) is 3.02. The van der Waals surface area contributed by atoms with E-state index in [1.54, 1.807) is 36.4 Å². The Morgan fingerprint density at radius 3 is 0.833 bits per heavy atom.